The molecule has 0 spiro atoms. The van der Waals surface area contributed by atoms with Crippen LogP contribution < -0.4 is 14.8 Å². The summed E-state index contributed by atoms with van der Waals surface area (Å²) in [5.74, 6) is -0.717. The van der Waals surface area contributed by atoms with Crippen molar-refractivity contribution in [3.63, 3.8) is 0 Å². The van der Waals surface area contributed by atoms with Crippen LogP contribution in [0.3, 0.4) is 0 Å². The molecule has 0 aromatic heterocycles. The number of likely N-dealkylation sites (tertiary alicyclic amines) is 1. The van der Waals surface area contributed by atoms with Crippen molar-refractivity contribution in [3.05, 3.63) is 24.3 Å². The third kappa shape index (κ3) is 4.34. The Bertz CT molecular complexity index is 665. The van der Waals surface area contributed by atoms with Gasteiger partial charge >= 0.3 is 6.18 Å². The Kier molecular flexibility index (Phi) is 4.73. The number of carbonyl (C=O) groups excluding carboxylic acids is 2. The Morgan fingerprint density at radius 2 is 2.00 bits per heavy atom. The quantitative estimate of drug-likeness (QED) is 0.882. The van der Waals surface area contributed by atoms with Crippen molar-refractivity contribution in [2.24, 2.45) is 5.92 Å². The van der Waals surface area contributed by atoms with Crippen LogP contribution in [0.15, 0.2) is 24.3 Å². The molecule has 9 heteroatoms. The minimum Gasteiger partial charge on any atom is -0.486 e. The lowest BCUT2D eigenvalue weighted by Crippen LogP contribution is -2.43. The molecule has 1 aromatic carbocycles. The predicted octanol–water partition coefficient (Wildman–Crippen LogP) is 1.35. The smallest absolute Gasteiger partial charge is 0.406 e. The molecule has 1 fully saturated rings. The highest BCUT2D eigenvalue weighted by Gasteiger charge is 2.40. The van der Waals surface area contributed by atoms with Gasteiger partial charge in [0.1, 0.15) is 19.3 Å². The number of halogens is 3. The number of hydrogen-bond acceptors (Lipinski definition) is 4. The molecule has 6 nitrogen and oxygen atoms in total. The first-order valence-corrected chi connectivity index (χ1v) is 7.82. The molecule has 0 bridgehead atoms. The van der Waals surface area contributed by atoms with E-state index in [1.54, 1.807) is 18.2 Å². The molecular weight excluding hydrogens is 341 g/mol. The number of fused-ring (bicyclic) bond motifs is 1. The number of carbonyl (C=O) groups is 2. The molecule has 1 aromatic rings. The molecule has 136 valence electrons. The average molecular weight is 358 g/mol. The van der Waals surface area contributed by atoms with E-state index >= 15 is 0 Å². The minimum absolute atomic E-state index is 0.150. The van der Waals surface area contributed by atoms with Gasteiger partial charge in [-0.25, -0.2) is 0 Å². The topological polar surface area (TPSA) is 67.9 Å². The molecule has 0 radical (unpaired) electrons. The van der Waals surface area contributed by atoms with Gasteiger partial charge in [0.2, 0.25) is 11.8 Å². The van der Waals surface area contributed by atoms with Gasteiger partial charge in [-0.05, 0) is 12.1 Å². The van der Waals surface area contributed by atoms with Crippen molar-refractivity contribution < 1.29 is 32.2 Å². The second-order valence-corrected chi connectivity index (χ2v) is 6.03. The maximum atomic E-state index is 12.4. The van der Waals surface area contributed by atoms with E-state index in [9.17, 15) is 22.8 Å². The highest BCUT2D eigenvalue weighted by molar-refractivity contribution is 5.89. The van der Waals surface area contributed by atoms with E-state index in [4.69, 9.17) is 9.47 Å². The first-order valence-electron chi connectivity index (χ1n) is 7.82. The normalized spacial score (nSPS) is 22.8. The predicted molar refractivity (Wildman–Crippen MR) is 80.1 cm³/mol. The van der Waals surface area contributed by atoms with E-state index < -0.39 is 36.6 Å². The van der Waals surface area contributed by atoms with Crippen molar-refractivity contribution in [2.45, 2.75) is 18.7 Å². The second-order valence-electron chi connectivity index (χ2n) is 6.03. The number of amides is 2. The SMILES string of the molecule is O=C(NC[C@@H]1COc2ccccc2O1)[C@@H]1CC(=O)N(CC(F)(F)F)C1. The number of rotatable bonds is 4. The van der Waals surface area contributed by atoms with Crippen LogP contribution in [-0.4, -0.2) is 55.2 Å². The average Bonchev–Trinajstić information content (AvgIpc) is 2.91. The zero-order chi connectivity index (χ0) is 18.0. The highest BCUT2D eigenvalue weighted by atomic mass is 19.4. The summed E-state index contributed by atoms with van der Waals surface area (Å²) in [6, 6.07) is 7.12. The summed E-state index contributed by atoms with van der Waals surface area (Å²) in [4.78, 5) is 24.4. The molecule has 2 heterocycles. The van der Waals surface area contributed by atoms with E-state index in [0.717, 1.165) is 0 Å². The van der Waals surface area contributed by atoms with Gasteiger partial charge in [-0.15, -0.1) is 0 Å². The monoisotopic (exact) mass is 358 g/mol. The summed E-state index contributed by atoms with van der Waals surface area (Å²) in [6.07, 6.45) is -5.09. The summed E-state index contributed by atoms with van der Waals surface area (Å²) in [5.41, 5.74) is 0. The molecule has 1 N–H and O–H groups in total. The number of alkyl halides is 3. The minimum atomic E-state index is -4.47. The van der Waals surface area contributed by atoms with E-state index in [-0.39, 0.29) is 26.1 Å². The lowest BCUT2D eigenvalue weighted by atomic mass is 10.1. The molecule has 0 unspecified atom stereocenters. The molecular formula is C16H17F3N2O4. The molecule has 3 rings (SSSR count). The summed E-state index contributed by atoms with van der Waals surface area (Å²) in [7, 11) is 0. The van der Waals surface area contributed by atoms with Crippen LogP contribution in [-0.2, 0) is 9.59 Å². The van der Waals surface area contributed by atoms with Gasteiger partial charge in [-0.3, -0.25) is 9.59 Å². The summed E-state index contributed by atoms with van der Waals surface area (Å²) < 4.78 is 48.4. The molecule has 2 aliphatic rings. The zero-order valence-electron chi connectivity index (χ0n) is 13.2. The van der Waals surface area contributed by atoms with Crippen LogP contribution in [0.4, 0.5) is 13.2 Å². The van der Waals surface area contributed by atoms with Gasteiger partial charge in [0.25, 0.3) is 0 Å². The van der Waals surface area contributed by atoms with Gasteiger partial charge in [0, 0.05) is 13.0 Å². The number of nitrogens with zero attached hydrogens (tertiary/aromatic N) is 1. The van der Waals surface area contributed by atoms with Crippen molar-refractivity contribution in [1.82, 2.24) is 10.2 Å². The number of nitrogens with one attached hydrogen (secondary N) is 1. The maximum absolute atomic E-state index is 12.4. The van der Waals surface area contributed by atoms with E-state index in [0.29, 0.717) is 16.4 Å². The van der Waals surface area contributed by atoms with Gasteiger partial charge in [-0.2, -0.15) is 13.2 Å². The zero-order valence-corrected chi connectivity index (χ0v) is 13.2. The lowest BCUT2D eigenvalue weighted by Gasteiger charge is -2.26. The van der Waals surface area contributed by atoms with Crippen LogP contribution in [0.1, 0.15) is 6.42 Å². The molecule has 2 aliphatic heterocycles. The summed E-state index contributed by atoms with van der Waals surface area (Å²) in [6.45, 7) is -1.15. The lowest BCUT2D eigenvalue weighted by molar-refractivity contribution is -0.157. The number of para-hydroxylation sites is 2. The Labute approximate surface area is 141 Å². The molecule has 0 saturated carbocycles. The van der Waals surface area contributed by atoms with E-state index in [1.165, 1.54) is 0 Å². The van der Waals surface area contributed by atoms with Gasteiger partial charge in [-0.1, -0.05) is 12.1 Å². The fourth-order valence-corrected chi connectivity index (χ4v) is 2.84. The van der Waals surface area contributed by atoms with Crippen LogP contribution in [0, 0.1) is 5.92 Å². The fraction of sp³-hybridized carbons (Fsp3) is 0.500. The molecule has 0 aliphatic carbocycles. The first kappa shape index (κ1) is 17.4. The number of ether oxygens (including phenoxy) is 2. The fourth-order valence-electron chi connectivity index (χ4n) is 2.84. The van der Waals surface area contributed by atoms with Gasteiger partial charge < -0.3 is 19.7 Å². The standard InChI is InChI=1S/C16H17F3N2O4/c17-16(18,19)9-21-7-10(5-14(21)22)15(23)20-6-11-8-24-12-3-1-2-4-13(12)25-11/h1-4,10-11H,5-9H2,(H,20,23)/t10-,11-/m1/s1. The van der Waals surface area contributed by atoms with Crippen LogP contribution in [0.2, 0.25) is 0 Å². The van der Waals surface area contributed by atoms with Crippen molar-refractivity contribution in [3.8, 4) is 11.5 Å². The van der Waals surface area contributed by atoms with Crippen molar-refractivity contribution in [1.29, 1.82) is 0 Å². The molecule has 2 amide bonds. The third-order valence-electron chi connectivity index (χ3n) is 4.03. The Morgan fingerprint density at radius 1 is 1.28 bits per heavy atom. The molecule has 25 heavy (non-hydrogen) atoms. The van der Waals surface area contributed by atoms with Crippen molar-refractivity contribution >= 4 is 11.8 Å². The van der Waals surface area contributed by atoms with Crippen LogP contribution >= 0.6 is 0 Å². The Hall–Kier alpha value is -2.45. The van der Waals surface area contributed by atoms with Crippen molar-refractivity contribution in [2.75, 3.05) is 26.2 Å². The summed E-state index contributed by atoms with van der Waals surface area (Å²) >= 11 is 0. The van der Waals surface area contributed by atoms with Gasteiger partial charge in [0.15, 0.2) is 11.5 Å². The van der Waals surface area contributed by atoms with E-state index in [2.05, 4.69) is 5.32 Å². The molecule has 1 saturated heterocycles. The first-order chi connectivity index (χ1) is 11.8. The summed E-state index contributed by atoms with van der Waals surface area (Å²) in [5, 5.41) is 2.62. The van der Waals surface area contributed by atoms with Crippen LogP contribution in [0.5, 0.6) is 11.5 Å². The third-order valence-corrected chi connectivity index (χ3v) is 4.03. The Morgan fingerprint density at radius 3 is 2.72 bits per heavy atom. The number of benzene rings is 1. The number of hydrogen-bond donors (Lipinski definition) is 1. The highest BCUT2D eigenvalue weighted by Crippen LogP contribution is 2.30. The Balaban J connectivity index is 1.48. The van der Waals surface area contributed by atoms with E-state index in [1.807, 2.05) is 6.07 Å². The largest absolute Gasteiger partial charge is 0.486 e. The molecule has 2 atom stereocenters. The van der Waals surface area contributed by atoms with Gasteiger partial charge in [0.05, 0.1) is 12.5 Å². The van der Waals surface area contributed by atoms with Crippen LogP contribution in [0.25, 0.3) is 0 Å². The maximum Gasteiger partial charge on any atom is 0.406 e. The second kappa shape index (κ2) is 6.81.